The van der Waals surface area contributed by atoms with Crippen molar-refractivity contribution in [2.75, 3.05) is 19.3 Å². The monoisotopic (exact) mass is 579 g/mol. The number of halogens is 1. The van der Waals surface area contributed by atoms with Crippen LogP contribution in [0.1, 0.15) is 53.7 Å². The Balaban J connectivity index is 1.67. The molecule has 0 aromatic heterocycles. The molecule has 3 aromatic rings. The molecule has 40 heavy (non-hydrogen) atoms. The highest BCUT2D eigenvalue weighted by Crippen LogP contribution is 2.39. The molecular weight excluding hydrogens is 546 g/mol. The summed E-state index contributed by atoms with van der Waals surface area (Å²) in [5, 5.41) is 0.465. The molecule has 0 aliphatic carbocycles. The van der Waals surface area contributed by atoms with Crippen LogP contribution in [0.3, 0.4) is 0 Å². The van der Waals surface area contributed by atoms with E-state index in [4.69, 9.17) is 21.1 Å². The first kappa shape index (κ1) is 29.7. The van der Waals surface area contributed by atoms with Gasteiger partial charge in [-0.25, -0.2) is 4.79 Å². The van der Waals surface area contributed by atoms with E-state index in [1.54, 1.807) is 54.8 Å². The Kier molecular flexibility index (Phi) is 8.96. The fourth-order valence-electron chi connectivity index (χ4n) is 4.91. The molecule has 0 radical (unpaired) electrons. The molecule has 1 aliphatic rings. The number of carbonyl (C=O) groups is 3. The lowest BCUT2D eigenvalue weighted by Gasteiger charge is -2.27. The van der Waals surface area contributed by atoms with Gasteiger partial charge >= 0.3 is 6.09 Å². The summed E-state index contributed by atoms with van der Waals surface area (Å²) in [5.74, 6) is 0.174. The van der Waals surface area contributed by atoms with E-state index in [-0.39, 0.29) is 24.0 Å². The highest BCUT2D eigenvalue weighted by molar-refractivity contribution is 7.98. The average Bonchev–Trinajstić information content (AvgIpc) is 3.36. The van der Waals surface area contributed by atoms with Crippen LogP contribution in [-0.2, 0) is 4.79 Å². The highest BCUT2D eigenvalue weighted by atomic mass is 35.5. The minimum atomic E-state index is -0.966. The van der Waals surface area contributed by atoms with Crippen LogP contribution in [-0.4, -0.2) is 47.5 Å². The van der Waals surface area contributed by atoms with Crippen molar-refractivity contribution in [2.45, 2.75) is 51.0 Å². The molecule has 1 heterocycles. The summed E-state index contributed by atoms with van der Waals surface area (Å²) in [7, 11) is 0. The zero-order chi connectivity index (χ0) is 29.2. The Labute approximate surface area is 245 Å². The van der Waals surface area contributed by atoms with E-state index in [1.165, 1.54) is 6.92 Å². The minimum Gasteiger partial charge on any atom is -0.480 e. The first-order valence-corrected chi connectivity index (χ1v) is 14.7. The molecule has 210 valence electrons. The third kappa shape index (κ3) is 6.53. The van der Waals surface area contributed by atoms with Crippen LogP contribution >= 0.6 is 23.4 Å². The molecule has 1 amide bonds. The lowest BCUT2D eigenvalue weighted by Crippen LogP contribution is -2.36. The molecule has 6 nitrogen and oxygen atoms in total. The first-order chi connectivity index (χ1) is 18.9. The lowest BCUT2D eigenvalue weighted by atomic mass is 9.82. The maximum Gasteiger partial charge on any atom is 0.415 e. The predicted molar refractivity (Wildman–Crippen MR) is 159 cm³/mol. The second-order valence-electron chi connectivity index (χ2n) is 10.7. The van der Waals surface area contributed by atoms with Gasteiger partial charge in [0.2, 0.25) is 0 Å². The summed E-state index contributed by atoms with van der Waals surface area (Å²) in [5.41, 5.74) is 2.29. The standard InChI is InChI=1S/C32H34ClNO5S/c1-19-14-23(15-20(2)30(19)39-32(4,5)21(3)35)27-17-34(31(37)38-25-9-7-8-24(33)16-25)18-28(27)29(36)22-10-12-26(40-6)13-11-22/h7-16,27-28H,17-18H2,1-6H3. The van der Waals surface area contributed by atoms with Gasteiger partial charge in [0, 0.05) is 40.4 Å². The van der Waals surface area contributed by atoms with Crippen molar-refractivity contribution in [2.24, 2.45) is 5.92 Å². The Morgan fingerprint density at radius 1 is 0.975 bits per heavy atom. The van der Waals surface area contributed by atoms with Crippen LogP contribution in [0, 0.1) is 19.8 Å². The number of amides is 1. The molecule has 3 aromatic carbocycles. The topological polar surface area (TPSA) is 72.9 Å². The number of carbonyl (C=O) groups excluding carboxylic acids is 3. The summed E-state index contributed by atoms with van der Waals surface area (Å²) in [6, 6.07) is 18.2. The van der Waals surface area contributed by atoms with Gasteiger partial charge in [0.25, 0.3) is 0 Å². The lowest BCUT2D eigenvalue weighted by molar-refractivity contribution is -0.129. The second kappa shape index (κ2) is 12.1. The van der Waals surface area contributed by atoms with Crippen molar-refractivity contribution >= 4 is 41.0 Å². The van der Waals surface area contributed by atoms with Crippen LogP contribution < -0.4 is 9.47 Å². The van der Waals surface area contributed by atoms with Gasteiger partial charge in [-0.1, -0.05) is 41.9 Å². The van der Waals surface area contributed by atoms with Crippen molar-refractivity contribution < 1.29 is 23.9 Å². The van der Waals surface area contributed by atoms with Gasteiger partial charge in [0.05, 0.1) is 0 Å². The van der Waals surface area contributed by atoms with Gasteiger partial charge in [0.15, 0.2) is 17.2 Å². The van der Waals surface area contributed by atoms with Crippen LogP contribution in [0.25, 0.3) is 0 Å². The van der Waals surface area contributed by atoms with Gasteiger partial charge in [0.1, 0.15) is 11.5 Å². The third-order valence-corrected chi connectivity index (χ3v) is 8.39. The number of Topliss-reactive ketones (excluding diaryl/α,β-unsaturated/α-hetero) is 2. The van der Waals surface area contributed by atoms with E-state index in [9.17, 15) is 14.4 Å². The Morgan fingerprint density at radius 3 is 2.20 bits per heavy atom. The summed E-state index contributed by atoms with van der Waals surface area (Å²) >= 11 is 7.68. The summed E-state index contributed by atoms with van der Waals surface area (Å²) in [6.07, 6.45) is 1.46. The Hall–Kier alpha value is -3.29. The van der Waals surface area contributed by atoms with Crippen LogP contribution in [0.4, 0.5) is 4.79 Å². The van der Waals surface area contributed by atoms with Crippen molar-refractivity contribution in [1.82, 2.24) is 4.90 Å². The van der Waals surface area contributed by atoms with Crippen LogP contribution in [0.15, 0.2) is 65.6 Å². The van der Waals surface area contributed by atoms with Gasteiger partial charge in [-0.15, -0.1) is 11.8 Å². The molecule has 8 heteroatoms. The number of hydrogen-bond donors (Lipinski definition) is 0. The summed E-state index contributed by atoms with van der Waals surface area (Å²) < 4.78 is 11.7. The van der Waals surface area contributed by atoms with Crippen LogP contribution in [0.2, 0.25) is 5.02 Å². The van der Waals surface area contributed by atoms with E-state index in [0.29, 0.717) is 28.6 Å². The van der Waals surface area contributed by atoms with Crippen molar-refractivity contribution in [3.05, 3.63) is 87.9 Å². The first-order valence-electron chi connectivity index (χ1n) is 13.1. The van der Waals surface area contributed by atoms with E-state index in [2.05, 4.69) is 0 Å². The summed E-state index contributed by atoms with van der Waals surface area (Å²) in [6.45, 7) is 9.41. The maximum atomic E-state index is 13.8. The number of ketones is 2. The van der Waals surface area contributed by atoms with Crippen molar-refractivity contribution in [1.29, 1.82) is 0 Å². The molecule has 1 saturated heterocycles. The highest BCUT2D eigenvalue weighted by Gasteiger charge is 2.42. The molecule has 1 aliphatic heterocycles. The molecule has 2 atom stereocenters. The molecule has 4 rings (SSSR count). The van der Waals surface area contributed by atoms with Crippen LogP contribution in [0.5, 0.6) is 11.5 Å². The Morgan fingerprint density at radius 2 is 1.62 bits per heavy atom. The average molecular weight is 580 g/mol. The number of rotatable bonds is 8. The van der Waals surface area contributed by atoms with Gasteiger partial charge in [-0.2, -0.15) is 0 Å². The van der Waals surface area contributed by atoms with Gasteiger partial charge in [-0.3, -0.25) is 9.59 Å². The number of aryl methyl sites for hydroxylation is 2. The molecule has 0 bridgehead atoms. The Bertz CT molecular complexity index is 1410. The fraction of sp³-hybridized carbons (Fsp3) is 0.344. The molecule has 0 spiro atoms. The molecular formula is C32H34ClNO5S. The molecule has 0 N–H and O–H groups in total. The third-order valence-electron chi connectivity index (χ3n) is 7.41. The van der Waals surface area contributed by atoms with Crippen molar-refractivity contribution in [3.63, 3.8) is 0 Å². The maximum absolute atomic E-state index is 13.8. The number of benzene rings is 3. The van der Waals surface area contributed by atoms with Gasteiger partial charge in [-0.05, 0) is 87.9 Å². The number of thioether (sulfide) groups is 1. The molecule has 2 unspecified atom stereocenters. The molecule has 0 saturated carbocycles. The largest absolute Gasteiger partial charge is 0.480 e. The fourth-order valence-corrected chi connectivity index (χ4v) is 5.50. The predicted octanol–water partition coefficient (Wildman–Crippen LogP) is 7.52. The summed E-state index contributed by atoms with van der Waals surface area (Å²) in [4.78, 5) is 41.8. The van der Waals surface area contributed by atoms with E-state index >= 15 is 0 Å². The minimum absolute atomic E-state index is 0.0240. The van der Waals surface area contributed by atoms with Gasteiger partial charge < -0.3 is 14.4 Å². The van der Waals surface area contributed by atoms with E-state index in [0.717, 1.165) is 21.6 Å². The van der Waals surface area contributed by atoms with Crippen molar-refractivity contribution in [3.8, 4) is 11.5 Å². The number of hydrogen-bond acceptors (Lipinski definition) is 6. The zero-order valence-electron chi connectivity index (χ0n) is 23.6. The van der Waals surface area contributed by atoms with E-state index < -0.39 is 17.6 Å². The smallest absolute Gasteiger partial charge is 0.415 e. The molecule has 1 fully saturated rings. The quantitative estimate of drug-likeness (QED) is 0.203. The zero-order valence-corrected chi connectivity index (χ0v) is 25.2. The number of ether oxygens (including phenoxy) is 2. The number of nitrogens with zero attached hydrogens (tertiary/aromatic N) is 1. The second-order valence-corrected chi connectivity index (χ2v) is 12.0. The number of likely N-dealkylation sites (tertiary alicyclic amines) is 1. The SMILES string of the molecule is CSc1ccc(C(=O)C2CN(C(=O)Oc3cccc(Cl)c3)CC2c2cc(C)c(OC(C)(C)C(C)=O)c(C)c2)cc1. The van der Waals surface area contributed by atoms with E-state index in [1.807, 2.05) is 56.5 Å². The normalized spacial score (nSPS) is 17.0.